The van der Waals surface area contributed by atoms with Crippen molar-refractivity contribution in [3.05, 3.63) is 112 Å². The molecule has 4 aromatic rings. The molecule has 7 N–H and O–H groups in total. The van der Waals surface area contributed by atoms with Gasteiger partial charge in [-0.25, -0.2) is 0 Å². The van der Waals surface area contributed by atoms with Gasteiger partial charge in [0, 0.05) is 22.9 Å². The van der Waals surface area contributed by atoms with Gasteiger partial charge in [0.05, 0.1) is 11.1 Å². The van der Waals surface area contributed by atoms with Gasteiger partial charge in [0.25, 0.3) is 0 Å². The fourth-order valence-electron chi connectivity index (χ4n) is 5.49. The summed E-state index contributed by atoms with van der Waals surface area (Å²) in [5.41, 5.74) is 13.4. The summed E-state index contributed by atoms with van der Waals surface area (Å²) in [7, 11) is 0. The lowest BCUT2D eigenvalue weighted by Crippen LogP contribution is -2.35. The Morgan fingerprint density at radius 2 is 1.17 bits per heavy atom. The topological polar surface area (TPSA) is 227 Å². The number of carbonyl (C=O) groups is 5. The number of nitrogens with one attached hydrogen (secondary N) is 1. The molecule has 0 aliphatic heterocycles. The molecule has 0 saturated heterocycles. The van der Waals surface area contributed by atoms with Crippen molar-refractivity contribution in [1.29, 1.82) is 0 Å². The van der Waals surface area contributed by atoms with Gasteiger partial charge in [-0.1, -0.05) is 36.4 Å². The zero-order chi connectivity index (χ0) is 38.1. The van der Waals surface area contributed by atoms with Crippen LogP contribution in [0.5, 0.6) is 23.0 Å². The van der Waals surface area contributed by atoms with Gasteiger partial charge in [0.2, 0.25) is 11.7 Å². The average Bonchev–Trinajstić information content (AvgIpc) is 3.15. The van der Waals surface area contributed by atoms with E-state index in [1.807, 2.05) is 0 Å². The Hall–Kier alpha value is -5.96. The van der Waals surface area contributed by atoms with Crippen LogP contribution in [0.3, 0.4) is 0 Å². The fourth-order valence-corrected chi connectivity index (χ4v) is 5.56. The van der Waals surface area contributed by atoms with Crippen LogP contribution in [-0.2, 0) is 36.7 Å². The van der Waals surface area contributed by atoms with Crippen molar-refractivity contribution in [3.8, 4) is 23.0 Å². The Kier molecular flexibility index (Phi) is 12.6. The molecule has 53 heavy (non-hydrogen) atoms. The Balaban J connectivity index is 1.26. The van der Waals surface area contributed by atoms with E-state index in [2.05, 4.69) is 5.32 Å². The summed E-state index contributed by atoms with van der Waals surface area (Å²) in [6.45, 7) is -0.890. The zero-order valence-corrected chi connectivity index (χ0v) is 29.0. The highest BCUT2D eigenvalue weighted by molar-refractivity contribution is 6.31. The third kappa shape index (κ3) is 9.68. The number of phenols is 2. The number of halogens is 1. The van der Waals surface area contributed by atoms with Crippen molar-refractivity contribution >= 4 is 46.7 Å². The second kappa shape index (κ2) is 17.5. The first-order chi connectivity index (χ1) is 25.4. The average molecular weight is 746 g/mol. The molecule has 0 saturated carbocycles. The van der Waals surface area contributed by atoms with E-state index in [1.165, 1.54) is 54.6 Å². The molecular formula is C38H36ClN3O11. The van der Waals surface area contributed by atoms with Crippen LogP contribution in [0.1, 0.15) is 43.0 Å². The number of aromatic hydroxyl groups is 2. The van der Waals surface area contributed by atoms with E-state index >= 15 is 0 Å². The molecule has 276 valence electrons. The summed E-state index contributed by atoms with van der Waals surface area (Å²) in [5.74, 6) is -3.36. The first-order valence-corrected chi connectivity index (χ1v) is 16.9. The molecule has 1 amide bonds. The first kappa shape index (κ1) is 38.3. The SMILES string of the molecule is N[C@@H](Cc1ccc(O)cc1)C(=O)OCCOc1cccc2c1C(=O)c1c(OCCOC(=O)[C@@H](N)Cc3ccc(O)cc3)cc(NC(=O)CCl)cc1C2=O. The molecule has 1 aliphatic rings. The number of benzene rings is 4. The second-order valence-electron chi connectivity index (χ2n) is 11.9. The monoisotopic (exact) mass is 745 g/mol. The maximum Gasteiger partial charge on any atom is 0.323 e. The maximum absolute atomic E-state index is 14.1. The van der Waals surface area contributed by atoms with Gasteiger partial charge in [-0.2, -0.15) is 0 Å². The number of alkyl halides is 1. The van der Waals surface area contributed by atoms with E-state index in [-0.39, 0.29) is 96.1 Å². The summed E-state index contributed by atoms with van der Waals surface area (Å²) < 4.78 is 22.2. The first-order valence-electron chi connectivity index (χ1n) is 16.4. The highest BCUT2D eigenvalue weighted by Crippen LogP contribution is 2.39. The number of amides is 1. The number of phenolic OH excluding ortho intramolecular Hbond substituents is 2. The highest BCUT2D eigenvalue weighted by atomic mass is 35.5. The number of carbonyl (C=O) groups excluding carboxylic acids is 5. The Morgan fingerprint density at radius 1 is 0.660 bits per heavy atom. The lowest BCUT2D eigenvalue weighted by molar-refractivity contribution is -0.146. The number of ketones is 2. The number of ether oxygens (including phenoxy) is 4. The van der Waals surface area contributed by atoms with Crippen molar-refractivity contribution < 1.29 is 53.1 Å². The molecule has 4 aromatic carbocycles. The predicted molar refractivity (Wildman–Crippen MR) is 192 cm³/mol. The Bertz CT molecular complexity index is 2000. The van der Waals surface area contributed by atoms with Crippen LogP contribution in [-0.4, -0.2) is 84.0 Å². The van der Waals surface area contributed by atoms with Crippen molar-refractivity contribution in [3.63, 3.8) is 0 Å². The Labute approximate surface area is 308 Å². The smallest absolute Gasteiger partial charge is 0.323 e. The summed E-state index contributed by atoms with van der Waals surface area (Å²) >= 11 is 5.67. The third-order valence-corrected chi connectivity index (χ3v) is 8.28. The number of fused-ring (bicyclic) bond motifs is 2. The van der Waals surface area contributed by atoms with Crippen LogP contribution in [0.2, 0.25) is 0 Å². The summed E-state index contributed by atoms with van der Waals surface area (Å²) in [5, 5.41) is 21.5. The van der Waals surface area contributed by atoms with Crippen molar-refractivity contribution in [2.45, 2.75) is 24.9 Å². The molecule has 0 heterocycles. The van der Waals surface area contributed by atoms with E-state index in [1.54, 1.807) is 24.3 Å². The van der Waals surface area contributed by atoms with Gasteiger partial charge in [0.15, 0.2) is 5.78 Å². The van der Waals surface area contributed by atoms with Crippen LogP contribution in [0, 0.1) is 0 Å². The number of nitrogens with two attached hydrogens (primary N) is 2. The van der Waals surface area contributed by atoms with Gasteiger partial charge < -0.3 is 45.9 Å². The van der Waals surface area contributed by atoms with Crippen LogP contribution >= 0.6 is 11.6 Å². The minimum atomic E-state index is -0.999. The van der Waals surface area contributed by atoms with Gasteiger partial charge in [-0.05, 0) is 60.4 Å². The minimum Gasteiger partial charge on any atom is -0.508 e. The summed E-state index contributed by atoms with van der Waals surface area (Å²) in [6.07, 6.45) is 0.341. The van der Waals surface area contributed by atoms with Crippen molar-refractivity contribution in [2.75, 3.05) is 37.6 Å². The van der Waals surface area contributed by atoms with Gasteiger partial charge in [-0.15, -0.1) is 11.6 Å². The van der Waals surface area contributed by atoms with Gasteiger partial charge >= 0.3 is 11.9 Å². The lowest BCUT2D eigenvalue weighted by Gasteiger charge is -2.23. The largest absolute Gasteiger partial charge is 0.508 e. The number of hydrogen-bond donors (Lipinski definition) is 5. The van der Waals surface area contributed by atoms with E-state index < -0.39 is 41.5 Å². The van der Waals surface area contributed by atoms with E-state index in [9.17, 15) is 34.2 Å². The number of hydrogen-bond acceptors (Lipinski definition) is 13. The van der Waals surface area contributed by atoms with E-state index in [4.69, 9.17) is 42.0 Å². The summed E-state index contributed by atoms with van der Waals surface area (Å²) in [4.78, 5) is 65.0. The molecular weight excluding hydrogens is 710 g/mol. The highest BCUT2D eigenvalue weighted by Gasteiger charge is 2.36. The van der Waals surface area contributed by atoms with Crippen LogP contribution < -0.4 is 26.3 Å². The predicted octanol–water partition coefficient (Wildman–Crippen LogP) is 3.03. The van der Waals surface area contributed by atoms with Crippen LogP contribution in [0.15, 0.2) is 78.9 Å². The van der Waals surface area contributed by atoms with E-state index in [0.717, 1.165) is 5.56 Å². The molecule has 0 radical (unpaired) electrons. The molecule has 0 spiro atoms. The Morgan fingerprint density at radius 3 is 1.70 bits per heavy atom. The summed E-state index contributed by atoms with van der Waals surface area (Å²) in [6, 6.07) is 17.7. The zero-order valence-electron chi connectivity index (χ0n) is 28.2. The van der Waals surface area contributed by atoms with Gasteiger partial charge in [-0.3, -0.25) is 24.0 Å². The van der Waals surface area contributed by atoms with Crippen LogP contribution in [0.4, 0.5) is 5.69 Å². The van der Waals surface area contributed by atoms with Crippen molar-refractivity contribution in [1.82, 2.24) is 0 Å². The lowest BCUT2D eigenvalue weighted by atomic mass is 9.82. The molecule has 15 heteroatoms. The molecule has 0 fully saturated rings. The maximum atomic E-state index is 14.1. The number of anilines is 1. The number of rotatable bonds is 16. The molecule has 2 atom stereocenters. The second-order valence-corrected chi connectivity index (χ2v) is 12.2. The fraction of sp³-hybridized carbons (Fsp3) is 0.237. The minimum absolute atomic E-state index is 0.0382. The normalized spacial score (nSPS) is 12.9. The van der Waals surface area contributed by atoms with Crippen LogP contribution in [0.25, 0.3) is 0 Å². The molecule has 0 bridgehead atoms. The standard InChI is InChI=1S/C38H36ClN3O11/c39-20-32(45)42-23-18-27-34(31(19-23)51-13-15-53-38(49)29(41)17-22-6-10-25(44)11-7-22)36(47)33-26(35(27)46)2-1-3-30(33)50-12-14-52-37(48)28(40)16-21-4-8-24(43)9-5-21/h1-11,18-19,28-29,43-44H,12-17,20,40-41H2,(H,42,45)/t28-,29-/m0/s1. The number of esters is 2. The molecule has 5 rings (SSSR count). The third-order valence-electron chi connectivity index (χ3n) is 8.04. The molecule has 1 aliphatic carbocycles. The molecule has 14 nitrogen and oxygen atoms in total. The molecule has 0 unspecified atom stereocenters. The van der Waals surface area contributed by atoms with E-state index in [0.29, 0.717) is 5.56 Å². The van der Waals surface area contributed by atoms with Crippen molar-refractivity contribution in [2.24, 2.45) is 11.5 Å². The quantitative estimate of drug-likeness (QED) is 0.0557. The molecule has 0 aromatic heterocycles. The van der Waals surface area contributed by atoms with Gasteiger partial charge in [0.1, 0.15) is 67.4 Å².